The number of hydrogen-bond acceptors (Lipinski definition) is 5. The van der Waals surface area contributed by atoms with Crippen LogP contribution in [0.25, 0.3) is 0 Å². The van der Waals surface area contributed by atoms with Gasteiger partial charge in [0.25, 0.3) is 0 Å². The molecule has 2 aromatic rings. The molecule has 0 saturated carbocycles. The Morgan fingerprint density at radius 3 is 2.95 bits per heavy atom. The SMILES string of the molecule is CC(C)Cn1nnnc1SCC(=O)c1ccc2c(c1)CCC2. The van der Waals surface area contributed by atoms with Crippen molar-refractivity contribution < 1.29 is 4.79 Å². The first-order valence-corrected chi connectivity index (χ1v) is 8.66. The molecule has 0 bridgehead atoms. The van der Waals surface area contributed by atoms with Crippen LogP contribution in [-0.2, 0) is 19.4 Å². The fourth-order valence-electron chi connectivity index (χ4n) is 2.72. The van der Waals surface area contributed by atoms with Crippen molar-refractivity contribution in [3.05, 3.63) is 34.9 Å². The van der Waals surface area contributed by atoms with Crippen LogP contribution in [0.4, 0.5) is 0 Å². The van der Waals surface area contributed by atoms with E-state index in [2.05, 4.69) is 41.5 Å². The molecule has 1 aromatic carbocycles. The number of nitrogens with zero attached hydrogens (tertiary/aromatic N) is 4. The predicted octanol–water partition coefficient (Wildman–Crippen LogP) is 2.79. The van der Waals surface area contributed by atoms with Gasteiger partial charge in [0, 0.05) is 12.1 Å². The summed E-state index contributed by atoms with van der Waals surface area (Å²) < 4.78 is 1.77. The van der Waals surface area contributed by atoms with Crippen LogP contribution in [0.1, 0.15) is 41.8 Å². The number of tetrazole rings is 1. The minimum atomic E-state index is 0.138. The third kappa shape index (κ3) is 3.38. The van der Waals surface area contributed by atoms with Gasteiger partial charge in [-0.2, -0.15) is 0 Å². The van der Waals surface area contributed by atoms with Crippen LogP contribution >= 0.6 is 11.8 Å². The zero-order chi connectivity index (χ0) is 15.5. The largest absolute Gasteiger partial charge is 0.293 e. The van der Waals surface area contributed by atoms with Gasteiger partial charge in [-0.05, 0) is 52.8 Å². The number of carbonyl (C=O) groups is 1. The first-order chi connectivity index (χ1) is 10.6. The average Bonchev–Trinajstić information content (AvgIpc) is 3.12. The second-order valence-electron chi connectivity index (χ2n) is 6.09. The molecule has 1 aliphatic carbocycles. The first kappa shape index (κ1) is 15.2. The van der Waals surface area contributed by atoms with Crippen molar-refractivity contribution in [2.75, 3.05) is 5.75 Å². The van der Waals surface area contributed by atoms with Crippen LogP contribution in [-0.4, -0.2) is 31.7 Å². The predicted molar refractivity (Wildman–Crippen MR) is 86.2 cm³/mol. The van der Waals surface area contributed by atoms with Crippen LogP contribution in [0.5, 0.6) is 0 Å². The van der Waals surface area contributed by atoms with Crippen LogP contribution in [0.2, 0.25) is 0 Å². The van der Waals surface area contributed by atoms with E-state index >= 15 is 0 Å². The van der Waals surface area contributed by atoms with Gasteiger partial charge in [-0.25, -0.2) is 4.68 Å². The van der Waals surface area contributed by atoms with Crippen LogP contribution in [0, 0.1) is 5.92 Å². The maximum atomic E-state index is 12.4. The summed E-state index contributed by atoms with van der Waals surface area (Å²) >= 11 is 1.41. The number of Topliss-reactive ketones (excluding diaryl/α,β-unsaturated/α-hetero) is 1. The Bertz CT molecular complexity index is 681. The van der Waals surface area contributed by atoms with Gasteiger partial charge in [0.05, 0.1) is 5.75 Å². The molecule has 5 nitrogen and oxygen atoms in total. The molecule has 6 heteroatoms. The van der Waals surface area contributed by atoms with Crippen molar-refractivity contribution in [3.63, 3.8) is 0 Å². The van der Waals surface area contributed by atoms with Crippen LogP contribution in [0.15, 0.2) is 23.4 Å². The Labute approximate surface area is 134 Å². The number of benzene rings is 1. The third-order valence-corrected chi connectivity index (χ3v) is 4.75. The highest BCUT2D eigenvalue weighted by Crippen LogP contribution is 2.24. The Morgan fingerprint density at radius 2 is 2.14 bits per heavy atom. The molecule has 1 aliphatic rings. The Morgan fingerprint density at radius 1 is 1.32 bits per heavy atom. The molecule has 0 N–H and O–H groups in total. The number of aromatic nitrogens is 4. The fourth-order valence-corrected chi connectivity index (χ4v) is 3.50. The van der Waals surface area contributed by atoms with E-state index in [1.165, 1.54) is 29.3 Å². The second-order valence-corrected chi connectivity index (χ2v) is 7.03. The monoisotopic (exact) mass is 316 g/mol. The normalized spacial score (nSPS) is 13.6. The van der Waals surface area contributed by atoms with Crippen LogP contribution < -0.4 is 0 Å². The van der Waals surface area contributed by atoms with Crippen LogP contribution in [0.3, 0.4) is 0 Å². The molecule has 0 amide bonds. The van der Waals surface area contributed by atoms with E-state index in [0.717, 1.165) is 24.9 Å². The van der Waals surface area contributed by atoms with Gasteiger partial charge in [-0.15, -0.1) is 5.10 Å². The summed E-state index contributed by atoms with van der Waals surface area (Å²) in [6.45, 7) is 5.00. The van der Waals surface area contributed by atoms with Crippen molar-refractivity contribution in [1.82, 2.24) is 20.2 Å². The lowest BCUT2D eigenvalue weighted by Gasteiger charge is -2.07. The lowest BCUT2D eigenvalue weighted by atomic mass is 10.0. The van der Waals surface area contributed by atoms with E-state index in [1.807, 2.05) is 6.07 Å². The fraction of sp³-hybridized carbons (Fsp3) is 0.500. The summed E-state index contributed by atoms with van der Waals surface area (Å²) in [5, 5.41) is 12.4. The van der Waals surface area contributed by atoms with Gasteiger partial charge in [0.1, 0.15) is 0 Å². The molecule has 116 valence electrons. The number of rotatable bonds is 6. The van der Waals surface area contributed by atoms with Crippen molar-refractivity contribution in [2.24, 2.45) is 5.92 Å². The summed E-state index contributed by atoms with van der Waals surface area (Å²) in [5.41, 5.74) is 3.53. The zero-order valence-electron chi connectivity index (χ0n) is 13.0. The smallest absolute Gasteiger partial charge is 0.209 e. The van der Waals surface area contributed by atoms with Gasteiger partial charge in [0.15, 0.2) is 5.78 Å². The van der Waals surface area contributed by atoms with Crippen molar-refractivity contribution in [2.45, 2.75) is 44.8 Å². The molecule has 0 fully saturated rings. The first-order valence-electron chi connectivity index (χ1n) is 7.67. The Kier molecular flexibility index (Phi) is 4.57. The minimum Gasteiger partial charge on any atom is -0.293 e. The molecule has 22 heavy (non-hydrogen) atoms. The molecule has 0 unspecified atom stereocenters. The molecule has 1 heterocycles. The minimum absolute atomic E-state index is 0.138. The zero-order valence-corrected chi connectivity index (χ0v) is 13.8. The number of thioether (sulfide) groups is 1. The number of aryl methyl sites for hydroxylation is 2. The summed E-state index contributed by atoms with van der Waals surface area (Å²) in [7, 11) is 0. The molecule has 1 aromatic heterocycles. The number of fused-ring (bicyclic) bond motifs is 1. The highest BCUT2D eigenvalue weighted by atomic mass is 32.2. The van der Waals surface area contributed by atoms with Crippen molar-refractivity contribution >= 4 is 17.5 Å². The molecule has 0 radical (unpaired) electrons. The average molecular weight is 316 g/mol. The van der Waals surface area contributed by atoms with E-state index in [-0.39, 0.29) is 5.78 Å². The van der Waals surface area contributed by atoms with Gasteiger partial charge >= 0.3 is 0 Å². The van der Waals surface area contributed by atoms with E-state index in [0.29, 0.717) is 16.8 Å². The summed E-state index contributed by atoms with van der Waals surface area (Å²) in [5.74, 6) is 0.978. The van der Waals surface area contributed by atoms with E-state index in [4.69, 9.17) is 0 Å². The lowest BCUT2D eigenvalue weighted by Crippen LogP contribution is -2.09. The molecule has 0 aliphatic heterocycles. The molecular weight excluding hydrogens is 296 g/mol. The van der Waals surface area contributed by atoms with Crippen molar-refractivity contribution in [1.29, 1.82) is 0 Å². The van der Waals surface area contributed by atoms with Gasteiger partial charge in [0.2, 0.25) is 5.16 Å². The third-order valence-electron chi connectivity index (χ3n) is 3.79. The van der Waals surface area contributed by atoms with Crippen molar-refractivity contribution in [3.8, 4) is 0 Å². The Balaban J connectivity index is 1.64. The molecular formula is C16H20N4OS. The standard InChI is InChI=1S/C16H20N4OS/c1-11(2)9-20-16(17-18-19-20)22-10-15(21)14-7-6-12-4-3-5-13(12)8-14/h6-8,11H,3-5,9-10H2,1-2H3. The Hall–Kier alpha value is -1.69. The molecule has 0 saturated heterocycles. The lowest BCUT2D eigenvalue weighted by molar-refractivity contribution is 0.102. The number of ketones is 1. The molecule has 0 spiro atoms. The van der Waals surface area contributed by atoms with E-state index in [9.17, 15) is 4.79 Å². The highest BCUT2D eigenvalue weighted by Gasteiger charge is 2.16. The van der Waals surface area contributed by atoms with E-state index < -0.39 is 0 Å². The second kappa shape index (κ2) is 6.60. The quantitative estimate of drug-likeness (QED) is 0.606. The van der Waals surface area contributed by atoms with Gasteiger partial charge < -0.3 is 0 Å². The summed E-state index contributed by atoms with van der Waals surface area (Å²) in [6.07, 6.45) is 3.43. The summed E-state index contributed by atoms with van der Waals surface area (Å²) in [6, 6.07) is 6.11. The van der Waals surface area contributed by atoms with Gasteiger partial charge in [-0.3, -0.25) is 4.79 Å². The molecule has 3 rings (SSSR count). The van der Waals surface area contributed by atoms with E-state index in [1.54, 1.807) is 4.68 Å². The highest BCUT2D eigenvalue weighted by molar-refractivity contribution is 7.99. The maximum Gasteiger partial charge on any atom is 0.209 e. The molecule has 0 atom stereocenters. The number of hydrogen-bond donors (Lipinski definition) is 0. The maximum absolute atomic E-state index is 12.4. The topological polar surface area (TPSA) is 60.7 Å². The summed E-state index contributed by atoms with van der Waals surface area (Å²) in [4.78, 5) is 12.4. The van der Waals surface area contributed by atoms with Gasteiger partial charge in [-0.1, -0.05) is 37.7 Å². The number of carbonyl (C=O) groups excluding carboxylic acids is 1.